The molecule has 5 heteroatoms. The summed E-state index contributed by atoms with van der Waals surface area (Å²) in [7, 11) is 0. The van der Waals surface area contributed by atoms with E-state index in [4.69, 9.17) is 0 Å². The van der Waals surface area contributed by atoms with E-state index in [1.54, 1.807) is 0 Å². The Morgan fingerprint density at radius 2 is 1.74 bits per heavy atom. The minimum Gasteiger partial charge on any atom is -0.314 e. The topological polar surface area (TPSA) is 18.5 Å². The van der Waals surface area contributed by atoms with Gasteiger partial charge in [0, 0.05) is 57.4 Å². The predicted octanol–water partition coefficient (Wildman–Crippen LogP) is 1.05. The van der Waals surface area contributed by atoms with Gasteiger partial charge in [-0.3, -0.25) is 9.80 Å². The predicted molar refractivity (Wildman–Crippen MR) is 69.9 cm³/mol. The molecule has 3 rings (SSSR count). The summed E-state index contributed by atoms with van der Waals surface area (Å²) < 4.78 is 27.1. The average Bonchev–Trinajstić information content (AvgIpc) is 2.37. The molecule has 0 amide bonds. The van der Waals surface area contributed by atoms with Gasteiger partial charge in [0.2, 0.25) is 0 Å². The standard InChI is InChI=1S/C14H19F2N3/c15-13-2-1-3-14(16)12(13)10-18-8-11(9-18)19-6-4-17-5-7-19/h1-3,11,17H,4-10H2. The zero-order chi connectivity index (χ0) is 13.2. The Kier molecular flexibility index (Phi) is 3.77. The maximum atomic E-state index is 13.5. The van der Waals surface area contributed by atoms with E-state index in [2.05, 4.69) is 15.1 Å². The average molecular weight is 267 g/mol. The lowest BCUT2D eigenvalue weighted by Gasteiger charge is -2.46. The van der Waals surface area contributed by atoms with Crippen LogP contribution in [0.25, 0.3) is 0 Å². The van der Waals surface area contributed by atoms with Crippen molar-refractivity contribution in [1.29, 1.82) is 0 Å². The lowest BCUT2D eigenvalue weighted by Crippen LogP contribution is -2.62. The van der Waals surface area contributed by atoms with E-state index in [9.17, 15) is 8.78 Å². The molecule has 1 aromatic carbocycles. The van der Waals surface area contributed by atoms with Gasteiger partial charge < -0.3 is 5.32 Å². The Hall–Kier alpha value is -1.04. The molecular formula is C14H19F2N3. The van der Waals surface area contributed by atoms with Crippen LogP contribution in [0.5, 0.6) is 0 Å². The third kappa shape index (κ3) is 2.78. The first-order valence-corrected chi connectivity index (χ1v) is 6.84. The first-order chi connectivity index (χ1) is 9.24. The molecule has 1 aromatic rings. The third-order valence-corrected chi connectivity index (χ3v) is 4.05. The van der Waals surface area contributed by atoms with Gasteiger partial charge in [-0.15, -0.1) is 0 Å². The molecule has 0 unspecified atom stereocenters. The summed E-state index contributed by atoms with van der Waals surface area (Å²) in [5.74, 6) is -0.878. The molecule has 2 saturated heterocycles. The monoisotopic (exact) mass is 267 g/mol. The normalized spacial score (nSPS) is 22.4. The summed E-state index contributed by atoms with van der Waals surface area (Å²) in [6.07, 6.45) is 0. The Labute approximate surface area is 112 Å². The molecule has 0 atom stereocenters. The number of benzene rings is 1. The Balaban J connectivity index is 1.53. The lowest BCUT2D eigenvalue weighted by molar-refractivity contribution is 0.0211. The summed E-state index contributed by atoms with van der Waals surface area (Å²) in [6.45, 7) is 6.43. The number of nitrogens with one attached hydrogen (secondary N) is 1. The maximum absolute atomic E-state index is 13.5. The van der Waals surface area contributed by atoms with Crippen LogP contribution in [0.1, 0.15) is 5.56 Å². The van der Waals surface area contributed by atoms with E-state index in [0.29, 0.717) is 12.6 Å². The molecule has 2 fully saturated rings. The summed E-state index contributed by atoms with van der Waals surface area (Å²) in [5, 5.41) is 3.33. The lowest BCUT2D eigenvalue weighted by atomic mass is 10.0. The molecule has 0 spiro atoms. The van der Waals surface area contributed by atoms with Gasteiger partial charge in [0.25, 0.3) is 0 Å². The molecule has 0 saturated carbocycles. The van der Waals surface area contributed by atoms with Gasteiger partial charge in [0.1, 0.15) is 11.6 Å². The number of hydrogen-bond donors (Lipinski definition) is 1. The number of nitrogens with zero attached hydrogens (tertiary/aromatic N) is 2. The van der Waals surface area contributed by atoms with Crippen molar-refractivity contribution in [3.63, 3.8) is 0 Å². The van der Waals surface area contributed by atoms with Gasteiger partial charge >= 0.3 is 0 Å². The van der Waals surface area contributed by atoms with Crippen LogP contribution in [-0.2, 0) is 6.54 Å². The molecule has 3 nitrogen and oxygen atoms in total. The van der Waals surface area contributed by atoms with Crippen molar-refractivity contribution in [2.24, 2.45) is 0 Å². The van der Waals surface area contributed by atoms with Crippen LogP contribution in [0.15, 0.2) is 18.2 Å². The van der Waals surface area contributed by atoms with E-state index in [1.165, 1.54) is 18.2 Å². The van der Waals surface area contributed by atoms with E-state index in [1.807, 2.05) is 0 Å². The van der Waals surface area contributed by atoms with E-state index in [0.717, 1.165) is 39.3 Å². The van der Waals surface area contributed by atoms with E-state index >= 15 is 0 Å². The van der Waals surface area contributed by atoms with Crippen molar-refractivity contribution in [3.8, 4) is 0 Å². The molecule has 2 aliphatic heterocycles. The zero-order valence-corrected chi connectivity index (χ0v) is 10.9. The highest BCUT2D eigenvalue weighted by Crippen LogP contribution is 2.21. The van der Waals surface area contributed by atoms with E-state index < -0.39 is 11.6 Å². The van der Waals surface area contributed by atoms with Crippen molar-refractivity contribution in [3.05, 3.63) is 35.4 Å². The van der Waals surface area contributed by atoms with E-state index in [-0.39, 0.29) is 5.56 Å². The van der Waals surface area contributed by atoms with Gasteiger partial charge in [-0.1, -0.05) is 6.07 Å². The Morgan fingerprint density at radius 3 is 2.37 bits per heavy atom. The third-order valence-electron chi connectivity index (χ3n) is 4.05. The Morgan fingerprint density at radius 1 is 1.11 bits per heavy atom. The second kappa shape index (κ2) is 5.53. The molecule has 2 aliphatic rings. The zero-order valence-electron chi connectivity index (χ0n) is 10.9. The largest absolute Gasteiger partial charge is 0.314 e. The summed E-state index contributed by atoms with van der Waals surface area (Å²) in [6, 6.07) is 4.61. The van der Waals surface area contributed by atoms with Crippen LogP contribution >= 0.6 is 0 Å². The molecule has 0 bridgehead atoms. The highest BCUT2D eigenvalue weighted by atomic mass is 19.1. The van der Waals surface area contributed by atoms with Gasteiger partial charge in [0.15, 0.2) is 0 Å². The molecular weight excluding hydrogens is 248 g/mol. The van der Waals surface area contributed by atoms with Gasteiger partial charge in [0.05, 0.1) is 0 Å². The van der Waals surface area contributed by atoms with Crippen molar-refractivity contribution < 1.29 is 8.78 Å². The molecule has 0 radical (unpaired) electrons. The van der Waals surface area contributed by atoms with Crippen LogP contribution in [0.2, 0.25) is 0 Å². The first kappa shape index (κ1) is 13.0. The molecule has 0 aliphatic carbocycles. The minimum atomic E-state index is -0.439. The van der Waals surface area contributed by atoms with Crippen molar-refractivity contribution in [2.45, 2.75) is 12.6 Å². The SMILES string of the molecule is Fc1cccc(F)c1CN1CC(N2CCNCC2)C1. The van der Waals surface area contributed by atoms with Crippen molar-refractivity contribution in [1.82, 2.24) is 15.1 Å². The molecule has 19 heavy (non-hydrogen) atoms. The van der Waals surface area contributed by atoms with Crippen LogP contribution in [0, 0.1) is 11.6 Å². The van der Waals surface area contributed by atoms with Crippen molar-refractivity contribution in [2.75, 3.05) is 39.3 Å². The summed E-state index contributed by atoms with van der Waals surface area (Å²) in [5.41, 5.74) is 0.196. The fourth-order valence-corrected chi connectivity index (χ4v) is 2.86. The van der Waals surface area contributed by atoms with Crippen LogP contribution in [-0.4, -0.2) is 55.1 Å². The number of hydrogen-bond acceptors (Lipinski definition) is 3. The quantitative estimate of drug-likeness (QED) is 0.883. The molecule has 2 heterocycles. The second-order valence-electron chi connectivity index (χ2n) is 5.33. The van der Waals surface area contributed by atoms with Gasteiger partial charge in [-0.2, -0.15) is 0 Å². The number of piperazine rings is 1. The smallest absolute Gasteiger partial charge is 0.130 e. The van der Waals surface area contributed by atoms with Crippen LogP contribution in [0.4, 0.5) is 8.78 Å². The highest BCUT2D eigenvalue weighted by molar-refractivity contribution is 5.20. The molecule has 0 aromatic heterocycles. The maximum Gasteiger partial charge on any atom is 0.130 e. The number of likely N-dealkylation sites (tertiary alicyclic amines) is 1. The fourth-order valence-electron chi connectivity index (χ4n) is 2.86. The van der Waals surface area contributed by atoms with Gasteiger partial charge in [-0.05, 0) is 12.1 Å². The van der Waals surface area contributed by atoms with Crippen LogP contribution in [0.3, 0.4) is 0 Å². The highest BCUT2D eigenvalue weighted by Gasteiger charge is 2.32. The minimum absolute atomic E-state index is 0.196. The van der Waals surface area contributed by atoms with Crippen molar-refractivity contribution >= 4 is 0 Å². The first-order valence-electron chi connectivity index (χ1n) is 6.84. The molecule has 1 N–H and O–H groups in total. The Bertz CT molecular complexity index is 420. The van der Waals surface area contributed by atoms with Crippen LogP contribution < -0.4 is 5.32 Å². The fraction of sp³-hybridized carbons (Fsp3) is 0.571. The molecule has 104 valence electrons. The second-order valence-corrected chi connectivity index (χ2v) is 5.33. The number of rotatable bonds is 3. The summed E-state index contributed by atoms with van der Waals surface area (Å²) >= 11 is 0. The van der Waals surface area contributed by atoms with Gasteiger partial charge in [-0.25, -0.2) is 8.78 Å². The summed E-state index contributed by atoms with van der Waals surface area (Å²) in [4.78, 5) is 4.57. The number of halogens is 2.